The van der Waals surface area contributed by atoms with E-state index >= 15 is 0 Å². The molecule has 9 nitrogen and oxygen atoms in total. The molecule has 2 N–H and O–H groups in total. The zero-order valence-corrected chi connectivity index (χ0v) is 55.8. The van der Waals surface area contributed by atoms with Gasteiger partial charge in [-0.15, -0.1) is 0 Å². The van der Waals surface area contributed by atoms with Crippen molar-refractivity contribution in [3.05, 3.63) is 106 Å². The van der Waals surface area contributed by atoms with Gasteiger partial charge in [0, 0.05) is 89.1 Å². The maximum atomic E-state index is 12.6. The van der Waals surface area contributed by atoms with Crippen LogP contribution in [0.25, 0.3) is 0 Å². The van der Waals surface area contributed by atoms with Gasteiger partial charge in [-0.3, -0.25) is 14.0 Å². The van der Waals surface area contributed by atoms with Crippen LogP contribution in [-0.4, -0.2) is 125 Å². The molecule has 3 aliphatic rings. The summed E-state index contributed by atoms with van der Waals surface area (Å²) in [6.07, 6.45) is -12.9. The molecule has 428 valence electrons. The predicted molar refractivity (Wildman–Crippen MR) is 327 cm³/mol. The van der Waals surface area contributed by atoms with Crippen LogP contribution in [0.1, 0.15) is 93.1 Å². The Kier molecular flexibility index (Phi) is 42.0. The third-order valence-corrected chi connectivity index (χ3v) is 12.1. The number of hydrogen-bond acceptors (Lipinski definition) is 9. The number of nitrogens with one attached hydrogen (secondary N) is 2. The summed E-state index contributed by atoms with van der Waals surface area (Å²) < 4.78 is 138. The van der Waals surface area contributed by atoms with Gasteiger partial charge >= 0.3 is 83.4 Å². The molecule has 6 rings (SSSR count). The van der Waals surface area contributed by atoms with Crippen molar-refractivity contribution in [1.82, 2.24) is 30.2 Å². The van der Waals surface area contributed by atoms with Crippen molar-refractivity contribution >= 4 is 138 Å². The Morgan fingerprint density at radius 2 is 0.932 bits per heavy atom. The van der Waals surface area contributed by atoms with Gasteiger partial charge in [0.2, 0.25) is 0 Å². The van der Waals surface area contributed by atoms with Crippen LogP contribution in [-0.2, 0) is 37.8 Å². The summed E-state index contributed by atoms with van der Waals surface area (Å²) in [5.74, 6) is 0. The second-order valence-electron chi connectivity index (χ2n) is 17.1. The second kappa shape index (κ2) is 38.0. The minimum absolute atomic E-state index is 0. The van der Waals surface area contributed by atoms with Crippen LogP contribution in [0.15, 0.2) is 72.8 Å². The SMILES string of the molecule is C[C@@H](OS(C)(=O)=O)c1ccc(C(F)(F)F)cc1.C[C@H]1CN(C)CCN1.C[C@H]1CN(C)CCN1[C@@H](C)c1ccc(C(F)(F)F)cc1.C[C@H]1CNCCN1[C@@H](C)c1ccc(C(F)(F)F)cc1.S.S.S.S.S.[I][V]([I])[I]. The number of likely N-dealkylation sites (N-methyl/N-ethyl adjacent to an activating group) is 2. The first-order valence-corrected chi connectivity index (χ1v) is 37.1. The van der Waals surface area contributed by atoms with Gasteiger partial charge in [0.25, 0.3) is 10.1 Å². The molecular formula is C45H75F9I3N6O3S6V. The summed E-state index contributed by atoms with van der Waals surface area (Å²) in [6, 6.07) is 17.0. The van der Waals surface area contributed by atoms with Crippen LogP contribution >= 0.6 is 127 Å². The molecular weight excluding hydrogens is 1470 g/mol. The number of piperazine rings is 3. The molecule has 6 atom stereocenters. The predicted octanol–water partition coefficient (Wildman–Crippen LogP) is 12.3. The Hall–Kier alpha value is 1.22. The van der Waals surface area contributed by atoms with E-state index in [0.29, 0.717) is 23.7 Å². The van der Waals surface area contributed by atoms with Gasteiger partial charge in [-0.1, -0.05) is 36.4 Å². The Balaban J connectivity index is -0.000000427. The van der Waals surface area contributed by atoms with Crippen LogP contribution in [0, 0.1) is 0 Å². The summed E-state index contributed by atoms with van der Waals surface area (Å²) in [6.45, 7) is 21.3. The van der Waals surface area contributed by atoms with Crippen molar-refractivity contribution in [3.63, 3.8) is 0 Å². The van der Waals surface area contributed by atoms with Gasteiger partial charge in [-0.25, -0.2) is 0 Å². The Morgan fingerprint density at radius 1 is 0.575 bits per heavy atom. The number of alkyl halides is 9. The van der Waals surface area contributed by atoms with Crippen LogP contribution in [0.4, 0.5) is 39.5 Å². The van der Waals surface area contributed by atoms with E-state index in [2.05, 4.69) is 136 Å². The van der Waals surface area contributed by atoms with E-state index in [9.17, 15) is 47.9 Å². The Morgan fingerprint density at radius 3 is 1.23 bits per heavy atom. The van der Waals surface area contributed by atoms with Gasteiger partial charge in [0.05, 0.1) is 29.1 Å². The molecule has 3 saturated heterocycles. The number of halogens is 12. The van der Waals surface area contributed by atoms with E-state index in [-0.39, 0.29) is 84.5 Å². The molecule has 28 heteroatoms. The number of benzene rings is 3. The van der Waals surface area contributed by atoms with Gasteiger partial charge in [-0.2, -0.15) is 115 Å². The molecule has 3 heterocycles. The summed E-state index contributed by atoms with van der Waals surface area (Å²) >= 11 is 7.39. The van der Waals surface area contributed by atoms with E-state index in [1.165, 1.54) is 56.4 Å². The molecule has 0 aliphatic carbocycles. The molecule has 0 radical (unpaired) electrons. The van der Waals surface area contributed by atoms with Crippen LogP contribution in [0.2, 0.25) is 0 Å². The monoisotopic (exact) mass is 1540 g/mol. The van der Waals surface area contributed by atoms with Crippen LogP contribution < -0.4 is 10.6 Å². The summed E-state index contributed by atoms with van der Waals surface area (Å²) in [5.41, 5.74) is 0.282. The zero-order valence-electron chi connectivity index (χ0n) is 42.2. The first-order valence-electron chi connectivity index (χ1n) is 21.8. The fourth-order valence-electron chi connectivity index (χ4n) is 7.83. The van der Waals surface area contributed by atoms with E-state index < -0.39 is 51.4 Å². The standard InChI is InChI=1S/C15H21F3N2.C14H19F3N2.C10H11F3O3S.C6H14N2.3HI.5H2S.V/c1-11-10-19(3)8-9-20(11)12(2)13-4-6-14(7-5-13)15(16,17)18;1-10-9-18-7-8-19(10)11(2)12-3-5-13(6-4-12)14(15,16)17;1-7(16-17(2,14)15)8-3-5-9(6-4-8)10(11,12)13;1-6-5-8(2)4-3-7-6;;;;;;;;;/h4-7,11-12H,8-10H2,1-3H3;3-6,10-11,18H,7-9H2,1-2H3;3-7H,1-2H3;6-7H,3-5H2,1-2H3;3*1H;5*1H2;/q;;;;;;;;;;;;+3/p-3/t11-,12-;10-,11-;7-;6-;;;;;;;;;/m0010........./s1. The molecule has 73 heavy (non-hydrogen) atoms. The topological polar surface area (TPSA) is 80.4 Å². The molecule has 3 aromatic rings. The molecule has 0 saturated carbocycles. The van der Waals surface area contributed by atoms with Gasteiger partial charge in [-0.05, 0) is 109 Å². The number of rotatable bonds is 7. The van der Waals surface area contributed by atoms with Crippen molar-refractivity contribution in [2.45, 2.75) is 96.4 Å². The average Bonchev–Trinajstić information content (AvgIpc) is 3.22. The normalized spacial score (nSPS) is 20.1. The number of nitrogens with zero attached hydrogens (tertiary/aromatic N) is 4. The van der Waals surface area contributed by atoms with E-state index in [4.69, 9.17) is 0 Å². The van der Waals surface area contributed by atoms with Gasteiger partial charge < -0.3 is 20.4 Å². The molecule has 0 spiro atoms. The molecule has 0 aromatic heterocycles. The van der Waals surface area contributed by atoms with Crippen molar-refractivity contribution < 1.29 is 57.0 Å². The average molecular weight is 1540 g/mol. The Labute approximate surface area is 501 Å². The second-order valence-corrected chi connectivity index (χ2v) is 54.1. The summed E-state index contributed by atoms with van der Waals surface area (Å²) in [4.78, 5) is 9.02. The minimum atomic E-state index is -4.40. The zero-order chi connectivity index (χ0) is 51.8. The summed E-state index contributed by atoms with van der Waals surface area (Å²) in [5, 5.41) is 6.68. The van der Waals surface area contributed by atoms with Crippen LogP contribution in [0.5, 0.6) is 0 Å². The molecule has 0 amide bonds. The van der Waals surface area contributed by atoms with Gasteiger partial charge in [0.15, 0.2) is 0 Å². The molecule has 3 aliphatic heterocycles. The molecule has 0 unspecified atom stereocenters. The van der Waals surface area contributed by atoms with Crippen molar-refractivity contribution in [1.29, 1.82) is 0 Å². The first-order chi connectivity index (χ1) is 31.3. The fraction of sp³-hybridized carbons (Fsp3) is 0.600. The Bertz CT molecular complexity index is 2020. The maximum absolute atomic E-state index is 12.6. The van der Waals surface area contributed by atoms with Gasteiger partial charge in [0.1, 0.15) is 0 Å². The first kappa shape index (κ1) is 80.7. The number of hydrogen-bond donors (Lipinski definition) is 2. The molecule has 3 aromatic carbocycles. The fourth-order valence-corrected chi connectivity index (χ4v) is 8.47. The van der Waals surface area contributed by atoms with E-state index in [0.717, 1.165) is 75.3 Å². The van der Waals surface area contributed by atoms with Crippen molar-refractivity contribution in [2.75, 3.05) is 79.3 Å². The molecule has 3 fully saturated rings. The third-order valence-electron chi connectivity index (χ3n) is 11.5. The van der Waals surface area contributed by atoms with E-state index in [1.807, 2.05) is 6.92 Å². The van der Waals surface area contributed by atoms with Crippen LogP contribution in [0.3, 0.4) is 0 Å². The third kappa shape index (κ3) is 31.7. The summed E-state index contributed by atoms with van der Waals surface area (Å²) in [7, 11) is 0.626. The van der Waals surface area contributed by atoms with Crippen molar-refractivity contribution in [2.24, 2.45) is 0 Å². The quantitative estimate of drug-likeness (QED) is 0.137. The van der Waals surface area contributed by atoms with E-state index in [1.54, 1.807) is 24.3 Å². The van der Waals surface area contributed by atoms with Crippen molar-refractivity contribution in [3.8, 4) is 0 Å². The molecule has 0 bridgehead atoms.